The van der Waals surface area contributed by atoms with Crippen LogP contribution in [0.15, 0.2) is 67.0 Å². The van der Waals surface area contributed by atoms with Gasteiger partial charge in [-0.15, -0.1) is 0 Å². The molecule has 30 heavy (non-hydrogen) atoms. The highest BCUT2D eigenvalue weighted by atomic mass is 16.5. The maximum atomic E-state index is 12.8. The van der Waals surface area contributed by atoms with Gasteiger partial charge in [0.1, 0.15) is 11.6 Å². The zero-order valence-corrected chi connectivity index (χ0v) is 17.2. The highest BCUT2D eigenvalue weighted by molar-refractivity contribution is 5.92. The van der Waals surface area contributed by atoms with E-state index in [0.717, 1.165) is 47.6 Å². The summed E-state index contributed by atoms with van der Waals surface area (Å²) in [5.41, 5.74) is 3.71. The summed E-state index contributed by atoms with van der Waals surface area (Å²) in [7, 11) is 1.67. The number of likely N-dealkylation sites (tertiary alicyclic amines) is 1. The largest absolute Gasteiger partial charge is 0.497 e. The number of aromatic nitrogens is 3. The molecule has 1 atom stereocenters. The van der Waals surface area contributed by atoms with Crippen molar-refractivity contribution in [2.45, 2.75) is 25.8 Å². The molecule has 0 saturated carbocycles. The summed E-state index contributed by atoms with van der Waals surface area (Å²) < 4.78 is 9.23. The lowest BCUT2D eigenvalue weighted by molar-refractivity contribution is 0.0741. The summed E-state index contributed by atoms with van der Waals surface area (Å²) >= 11 is 0. The lowest BCUT2D eigenvalue weighted by Crippen LogP contribution is -2.33. The van der Waals surface area contributed by atoms with E-state index in [1.165, 1.54) is 0 Å². The molecule has 1 aliphatic rings. The van der Waals surface area contributed by atoms with E-state index in [4.69, 9.17) is 4.74 Å². The molecule has 5 rings (SSSR count). The summed E-state index contributed by atoms with van der Waals surface area (Å²) in [5, 5.41) is 4.60. The minimum Gasteiger partial charge on any atom is -0.497 e. The van der Waals surface area contributed by atoms with E-state index < -0.39 is 0 Å². The summed E-state index contributed by atoms with van der Waals surface area (Å²) in [5.74, 6) is 1.73. The lowest BCUT2D eigenvalue weighted by Gasteiger charge is -2.19. The number of hydrogen-bond acceptors (Lipinski definition) is 3. The molecule has 0 unspecified atom stereocenters. The summed E-state index contributed by atoms with van der Waals surface area (Å²) in [4.78, 5) is 14.8. The predicted molar refractivity (Wildman–Crippen MR) is 116 cm³/mol. The summed E-state index contributed by atoms with van der Waals surface area (Å²) in [6.45, 7) is 2.91. The summed E-state index contributed by atoms with van der Waals surface area (Å²) in [6.07, 6.45) is 6.06. The van der Waals surface area contributed by atoms with Crippen molar-refractivity contribution < 1.29 is 9.53 Å². The molecule has 4 heterocycles. The van der Waals surface area contributed by atoms with E-state index in [-0.39, 0.29) is 11.9 Å². The molecule has 0 bridgehead atoms. The molecule has 1 aromatic carbocycles. The Morgan fingerprint density at radius 1 is 1.10 bits per heavy atom. The van der Waals surface area contributed by atoms with Crippen molar-refractivity contribution in [2.75, 3.05) is 13.7 Å². The van der Waals surface area contributed by atoms with Crippen molar-refractivity contribution in [3.63, 3.8) is 0 Å². The number of rotatable bonds is 4. The Bertz CT molecular complexity index is 1220. The predicted octanol–water partition coefficient (Wildman–Crippen LogP) is 4.43. The van der Waals surface area contributed by atoms with Gasteiger partial charge in [0, 0.05) is 30.5 Å². The standard InChI is InChI=1S/C24H24N4O2/c1-17-5-4-13-26(17)24(29)22-12-14-28(25-22)23-11-10-20-9-8-19(16-27(20)23)18-6-3-7-21(15-18)30-2/h3,6-12,14-17H,4-5,13H2,1-2H3/t17-/m0/s1. The number of benzene rings is 1. The second kappa shape index (κ2) is 7.37. The van der Waals surface area contributed by atoms with Gasteiger partial charge in [0.2, 0.25) is 0 Å². The number of hydrogen-bond donors (Lipinski definition) is 0. The van der Waals surface area contributed by atoms with E-state index in [2.05, 4.69) is 46.9 Å². The molecule has 4 aromatic rings. The van der Waals surface area contributed by atoms with Crippen LogP contribution in [-0.2, 0) is 0 Å². The van der Waals surface area contributed by atoms with Crippen LogP contribution in [0.25, 0.3) is 22.5 Å². The second-order valence-electron chi connectivity index (χ2n) is 7.77. The van der Waals surface area contributed by atoms with E-state index >= 15 is 0 Å². The summed E-state index contributed by atoms with van der Waals surface area (Å²) in [6, 6.07) is 18.3. The average molecular weight is 400 g/mol. The van der Waals surface area contributed by atoms with Crippen LogP contribution >= 0.6 is 0 Å². The Hall–Kier alpha value is -3.54. The first-order valence-corrected chi connectivity index (χ1v) is 10.3. The highest BCUT2D eigenvalue weighted by Gasteiger charge is 2.27. The van der Waals surface area contributed by atoms with Gasteiger partial charge in [-0.05, 0) is 67.3 Å². The van der Waals surface area contributed by atoms with E-state index in [0.29, 0.717) is 5.69 Å². The first-order valence-electron chi connectivity index (χ1n) is 10.3. The smallest absolute Gasteiger partial charge is 0.274 e. The molecule has 0 N–H and O–H groups in total. The molecule has 152 valence electrons. The fraction of sp³-hybridized carbons (Fsp3) is 0.250. The normalized spacial score (nSPS) is 16.3. The van der Waals surface area contributed by atoms with Gasteiger partial charge in [-0.1, -0.05) is 18.2 Å². The molecule has 3 aromatic heterocycles. The quantitative estimate of drug-likeness (QED) is 0.509. The Morgan fingerprint density at radius 3 is 2.77 bits per heavy atom. The second-order valence-corrected chi connectivity index (χ2v) is 7.77. The third-order valence-corrected chi connectivity index (χ3v) is 5.89. The molecule has 1 saturated heterocycles. The fourth-order valence-electron chi connectivity index (χ4n) is 4.19. The molecule has 1 aliphatic heterocycles. The van der Waals surface area contributed by atoms with Gasteiger partial charge in [0.25, 0.3) is 5.91 Å². The van der Waals surface area contributed by atoms with Crippen molar-refractivity contribution in [3.05, 3.63) is 72.7 Å². The number of nitrogens with zero attached hydrogens (tertiary/aromatic N) is 4. The van der Waals surface area contributed by atoms with Gasteiger partial charge in [0.05, 0.1) is 7.11 Å². The van der Waals surface area contributed by atoms with E-state index in [1.54, 1.807) is 17.9 Å². The molecule has 6 heteroatoms. The molecule has 1 amide bonds. The lowest BCUT2D eigenvalue weighted by atomic mass is 10.1. The maximum Gasteiger partial charge on any atom is 0.274 e. The van der Waals surface area contributed by atoms with Crippen LogP contribution in [0.4, 0.5) is 0 Å². The van der Waals surface area contributed by atoms with Crippen LogP contribution in [0.5, 0.6) is 5.75 Å². The number of carbonyl (C=O) groups is 1. The Morgan fingerprint density at radius 2 is 1.97 bits per heavy atom. The third kappa shape index (κ3) is 3.14. The fourth-order valence-corrected chi connectivity index (χ4v) is 4.19. The maximum absolute atomic E-state index is 12.8. The van der Waals surface area contributed by atoms with Crippen molar-refractivity contribution in [3.8, 4) is 22.7 Å². The molecule has 6 nitrogen and oxygen atoms in total. The molecule has 0 radical (unpaired) electrons. The van der Waals surface area contributed by atoms with Gasteiger partial charge >= 0.3 is 0 Å². The number of pyridine rings is 1. The first-order chi connectivity index (χ1) is 14.6. The van der Waals surface area contributed by atoms with Crippen molar-refractivity contribution >= 4 is 11.4 Å². The minimum atomic E-state index is 0.0108. The SMILES string of the molecule is COc1cccc(-c2ccc3ccc(-n4ccc(C(=O)N5CCC[C@@H]5C)n4)n3c2)c1. The Labute approximate surface area is 175 Å². The van der Waals surface area contributed by atoms with Crippen LogP contribution in [0.3, 0.4) is 0 Å². The number of methoxy groups -OCH3 is 1. The number of amides is 1. The highest BCUT2D eigenvalue weighted by Crippen LogP contribution is 2.26. The van der Waals surface area contributed by atoms with E-state index in [1.807, 2.05) is 35.4 Å². The van der Waals surface area contributed by atoms with E-state index in [9.17, 15) is 4.79 Å². The van der Waals surface area contributed by atoms with Crippen LogP contribution in [0, 0.1) is 0 Å². The topological polar surface area (TPSA) is 51.8 Å². The van der Waals surface area contributed by atoms with Crippen LogP contribution in [0.2, 0.25) is 0 Å². The molecule has 0 spiro atoms. The van der Waals surface area contributed by atoms with Crippen molar-refractivity contribution in [1.82, 2.24) is 19.1 Å². The molecular weight excluding hydrogens is 376 g/mol. The van der Waals surface area contributed by atoms with Gasteiger partial charge in [0.15, 0.2) is 5.69 Å². The third-order valence-electron chi connectivity index (χ3n) is 5.89. The van der Waals surface area contributed by atoms with Crippen LogP contribution in [0.1, 0.15) is 30.3 Å². The first kappa shape index (κ1) is 18.5. The van der Waals surface area contributed by atoms with Gasteiger partial charge in [-0.3, -0.25) is 4.79 Å². The minimum absolute atomic E-state index is 0.0108. The van der Waals surface area contributed by atoms with Crippen molar-refractivity contribution in [2.24, 2.45) is 0 Å². The molecular formula is C24H24N4O2. The van der Waals surface area contributed by atoms with Gasteiger partial charge < -0.3 is 14.0 Å². The van der Waals surface area contributed by atoms with Crippen LogP contribution < -0.4 is 4.74 Å². The van der Waals surface area contributed by atoms with Crippen molar-refractivity contribution in [1.29, 1.82) is 0 Å². The molecule has 0 aliphatic carbocycles. The number of ether oxygens (including phenoxy) is 1. The number of carbonyl (C=O) groups excluding carboxylic acids is 1. The average Bonchev–Trinajstić information content (AvgIpc) is 3.52. The Balaban J connectivity index is 1.51. The Kier molecular flexibility index (Phi) is 4.54. The van der Waals surface area contributed by atoms with Crippen LogP contribution in [-0.4, -0.2) is 44.7 Å². The number of fused-ring (bicyclic) bond motifs is 1. The zero-order chi connectivity index (χ0) is 20.7. The monoisotopic (exact) mass is 400 g/mol. The van der Waals surface area contributed by atoms with Gasteiger partial charge in [-0.25, -0.2) is 4.68 Å². The molecule has 1 fully saturated rings. The zero-order valence-electron chi connectivity index (χ0n) is 17.2. The van der Waals surface area contributed by atoms with Gasteiger partial charge in [-0.2, -0.15) is 5.10 Å².